The zero-order valence-electron chi connectivity index (χ0n) is 15.6. The number of aliphatic hydroxyl groups excluding tert-OH is 3. The van der Waals surface area contributed by atoms with Gasteiger partial charge in [-0.05, 0) is 18.6 Å². The summed E-state index contributed by atoms with van der Waals surface area (Å²) in [5, 5.41) is 34.5. The van der Waals surface area contributed by atoms with Crippen LogP contribution in [0.25, 0.3) is 0 Å². The maximum absolute atomic E-state index is 13.2. The quantitative estimate of drug-likeness (QED) is 0.398. The third-order valence-corrected chi connectivity index (χ3v) is 4.81. The molecule has 0 spiro atoms. The number of benzene rings is 2. The molecule has 0 fully saturated rings. The molecule has 0 bridgehead atoms. The number of hydrogen-bond donors (Lipinski definition) is 5. The first kappa shape index (κ1) is 20.0. The summed E-state index contributed by atoms with van der Waals surface area (Å²) in [7, 11) is 0. The van der Waals surface area contributed by atoms with Crippen molar-refractivity contribution in [2.45, 2.75) is 25.6 Å². The molecule has 2 unspecified atom stereocenters. The van der Waals surface area contributed by atoms with Gasteiger partial charge in [0.05, 0.1) is 29.9 Å². The lowest BCUT2D eigenvalue weighted by Crippen LogP contribution is -2.28. The minimum Gasteiger partial charge on any atom is -0.394 e. The molecule has 0 amide bonds. The Morgan fingerprint density at radius 1 is 0.821 bits per heavy atom. The largest absolute Gasteiger partial charge is 0.394 e. The average Bonchev–Trinajstić information content (AvgIpc) is 2.73. The summed E-state index contributed by atoms with van der Waals surface area (Å²) in [6.07, 6.45) is -1.01. The topological polar surface area (TPSA) is 119 Å². The van der Waals surface area contributed by atoms with Crippen LogP contribution in [0.3, 0.4) is 0 Å². The van der Waals surface area contributed by atoms with E-state index in [4.69, 9.17) is 5.11 Å². The Morgan fingerprint density at radius 2 is 1.29 bits per heavy atom. The van der Waals surface area contributed by atoms with Gasteiger partial charge in [-0.15, -0.1) is 0 Å². The fourth-order valence-corrected chi connectivity index (χ4v) is 3.18. The first-order valence-corrected chi connectivity index (χ1v) is 9.28. The van der Waals surface area contributed by atoms with E-state index >= 15 is 0 Å². The molecule has 7 nitrogen and oxygen atoms in total. The Bertz CT molecular complexity index is 824. The molecule has 28 heavy (non-hydrogen) atoms. The molecule has 148 valence electrons. The number of carbonyl (C=O) groups excluding carboxylic acids is 2. The van der Waals surface area contributed by atoms with E-state index in [0.717, 1.165) is 0 Å². The van der Waals surface area contributed by atoms with Gasteiger partial charge in [0.25, 0.3) is 0 Å². The van der Waals surface area contributed by atoms with Crippen LogP contribution in [0.1, 0.15) is 45.2 Å². The van der Waals surface area contributed by atoms with E-state index < -0.39 is 18.8 Å². The molecule has 2 aromatic carbocycles. The van der Waals surface area contributed by atoms with Gasteiger partial charge in [-0.3, -0.25) is 9.59 Å². The zero-order valence-corrected chi connectivity index (χ0v) is 15.6. The van der Waals surface area contributed by atoms with E-state index in [-0.39, 0.29) is 35.8 Å². The monoisotopic (exact) mass is 384 g/mol. The van der Waals surface area contributed by atoms with Crippen LogP contribution in [0.4, 0.5) is 11.4 Å². The van der Waals surface area contributed by atoms with Gasteiger partial charge >= 0.3 is 0 Å². The van der Waals surface area contributed by atoms with Crippen molar-refractivity contribution in [3.63, 3.8) is 0 Å². The van der Waals surface area contributed by atoms with E-state index in [1.165, 1.54) is 0 Å². The van der Waals surface area contributed by atoms with E-state index in [1.807, 2.05) is 6.92 Å². The number of hydrogen-bond acceptors (Lipinski definition) is 7. The van der Waals surface area contributed by atoms with Gasteiger partial charge in [0.2, 0.25) is 0 Å². The minimum absolute atomic E-state index is 0.0351. The van der Waals surface area contributed by atoms with E-state index in [0.29, 0.717) is 28.9 Å². The molecular formula is C21H24N2O5. The summed E-state index contributed by atoms with van der Waals surface area (Å²) in [6.45, 7) is 1.72. The van der Waals surface area contributed by atoms with Crippen LogP contribution in [0, 0.1) is 0 Å². The molecule has 0 radical (unpaired) electrons. The average molecular weight is 384 g/mol. The fourth-order valence-electron chi connectivity index (χ4n) is 3.18. The molecule has 0 heterocycles. The van der Waals surface area contributed by atoms with Gasteiger partial charge < -0.3 is 26.0 Å². The normalized spacial score (nSPS) is 14.9. The third kappa shape index (κ3) is 3.77. The molecule has 5 N–H and O–H groups in total. The Kier molecular flexibility index (Phi) is 6.08. The van der Waals surface area contributed by atoms with Crippen LogP contribution in [-0.4, -0.2) is 58.8 Å². The number of rotatable bonds is 8. The summed E-state index contributed by atoms with van der Waals surface area (Å²) in [6, 6.07) is 9.99. The van der Waals surface area contributed by atoms with Crippen LogP contribution in [-0.2, 0) is 0 Å². The standard InChI is InChI=1S/C21H24N2O5/c1-2-12(25)9-22-16-7-8-17(23-10-13(26)11-24)19-18(16)20(27)14-5-3-4-6-15(14)21(19)28/h3-8,12-13,22-26H,2,9-11H2,1H3. The molecule has 2 aromatic rings. The third-order valence-electron chi connectivity index (χ3n) is 4.81. The molecule has 2 atom stereocenters. The molecule has 1 aliphatic rings. The van der Waals surface area contributed by atoms with Gasteiger partial charge in [0.15, 0.2) is 11.6 Å². The fraction of sp³-hybridized carbons (Fsp3) is 0.333. The predicted octanol–water partition coefficient (Wildman–Crippen LogP) is 1.41. The maximum atomic E-state index is 13.2. The second-order valence-corrected chi connectivity index (χ2v) is 6.77. The Labute approximate surface area is 163 Å². The first-order valence-electron chi connectivity index (χ1n) is 9.28. The summed E-state index contributed by atoms with van der Waals surface area (Å²) >= 11 is 0. The van der Waals surface area contributed by atoms with Crippen molar-refractivity contribution in [1.82, 2.24) is 0 Å². The SMILES string of the molecule is CCC(O)CNc1ccc(NCC(O)CO)c2c1C(=O)c1ccccc1C2=O. The van der Waals surface area contributed by atoms with Crippen LogP contribution in [0.5, 0.6) is 0 Å². The van der Waals surface area contributed by atoms with Crippen molar-refractivity contribution >= 4 is 22.9 Å². The second-order valence-electron chi connectivity index (χ2n) is 6.77. The van der Waals surface area contributed by atoms with Crippen LogP contribution in [0.15, 0.2) is 36.4 Å². The zero-order chi connectivity index (χ0) is 20.3. The van der Waals surface area contributed by atoms with Gasteiger partial charge in [-0.25, -0.2) is 0 Å². The highest BCUT2D eigenvalue weighted by Crippen LogP contribution is 2.36. The Balaban J connectivity index is 2.07. The molecule has 0 aromatic heterocycles. The smallest absolute Gasteiger partial charge is 0.196 e. The van der Waals surface area contributed by atoms with Gasteiger partial charge in [-0.1, -0.05) is 31.2 Å². The summed E-state index contributed by atoms with van der Waals surface area (Å²) in [5.41, 5.74) is 2.03. The van der Waals surface area contributed by atoms with Gasteiger partial charge in [0.1, 0.15) is 0 Å². The highest BCUT2D eigenvalue weighted by molar-refractivity contribution is 6.31. The number of carbonyl (C=O) groups is 2. The molecular weight excluding hydrogens is 360 g/mol. The summed E-state index contributed by atoms with van der Waals surface area (Å²) in [4.78, 5) is 26.3. The molecule has 7 heteroatoms. The highest BCUT2D eigenvalue weighted by Gasteiger charge is 2.33. The number of aliphatic hydroxyl groups is 3. The molecule has 0 aliphatic heterocycles. The summed E-state index contributed by atoms with van der Waals surface area (Å²) < 4.78 is 0. The van der Waals surface area contributed by atoms with Crippen LogP contribution in [0.2, 0.25) is 0 Å². The molecule has 0 saturated heterocycles. The molecule has 3 rings (SSSR count). The van der Waals surface area contributed by atoms with Crippen LogP contribution < -0.4 is 10.6 Å². The van der Waals surface area contributed by atoms with E-state index in [2.05, 4.69) is 10.6 Å². The Morgan fingerprint density at radius 3 is 1.71 bits per heavy atom. The Hall–Kier alpha value is -2.74. The van der Waals surface area contributed by atoms with E-state index in [1.54, 1.807) is 36.4 Å². The van der Waals surface area contributed by atoms with Crippen molar-refractivity contribution < 1.29 is 24.9 Å². The van der Waals surface area contributed by atoms with Crippen molar-refractivity contribution in [2.75, 3.05) is 30.3 Å². The number of ketones is 2. The maximum Gasteiger partial charge on any atom is 0.196 e. The lowest BCUT2D eigenvalue weighted by atomic mass is 9.82. The van der Waals surface area contributed by atoms with Crippen LogP contribution >= 0.6 is 0 Å². The highest BCUT2D eigenvalue weighted by atomic mass is 16.3. The van der Waals surface area contributed by atoms with Crippen molar-refractivity contribution in [3.8, 4) is 0 Å². The van der Waals surface area contributed by atoms with Gasteiger partial charge in [0, 0.05) is 35.6 Å². The first-order chi connectivity index (χ1) is 13.5. The molecule has 1 aliphatic carbocycles. The lowest BCUT2D eigenvalue weighted by molar-refractivity contribution is 0.0979. The number of fused-ring (bicyclic) bond motifs is 2. The van der Waals surface area contributed by atoms with Crippen molar-refractivity contribution in [2.24, 2.45) is 0 Å². The minimum atomic E-state index is -0.991. The lowest BCUT2D eigenvalue weighted by Gasteiger charge is -2.24. The predicted molar refractivity (Wildman–Crippen MR) is 106 cm³/mol. The molecule has 0 saturated carbocycles. The van der Waals surface area contributed by atoms with Gasteiger partial charge in [-0.2, -0.15) is 0 Å². The number of anilines is 2. The summed E-state index contributed by atoms with van der Waals surface area (Å²) in [5.74, 6) is -0.559. The second kappa shape index (κ2) is 8.52. The van der Waals surface area contributed by atoms with Crippen molar-refractivity contribution in [3.05, 3.63) is 58.7 Å². The van der Waals surface area contributed by atoms with Crippen molar-refractivity contribution in [1.29, 1.82) is 0 Å². The van der Waals surface area contributed by atoms with E-state index in [9.17, 15) is 19.8 Å². The number of nitrogens with one attached hydrogen (secondary N) is 2.